The van der Waals surface area contributed by atoms with Crippen LogP contribution in [-0.2, 0) is 12.4 Å². The Hall–Kier alpha value is -6.84. The van der Waals surface area contributed by atoms with E-state index in [9.17, 15) is 26.3 Å². The average Bonchev–Trinajstić information content (AvgIpc) is 3.76. The quantitative estimate of drug-likeness (QED) is 0.0897. The van der Waals surface area contributed by atoms with Gasteiger partial charge in [-0.15, -0.1) is 0 Å². The molecule has 10 aromatic rings. The van der Waals surface area contributed by atoms with Crippen LogP contribution in [0.15, 0.2) is 182 Å². The van der Waals surface area contributed by atoms with Crippen molar-refractivity contribution in [2.45, 2.75) is 26.2 Å². The van der Waals surface area contributed by atoms with Gasteiger partial charge in [0.15, 0.2) is 8.07 Å². The summed E-state index contributed by atoms with van der Waals surface area (Å²) in [5, 5.41) is 7.09. The van der Waals surface area contributed by atoms with Crippen molar-refractivity contribution in [2.24, 2.45) is 0 Å². The molecular formula is C52H36F6N2Si. The first-order chi connectivity index (χ1) is 29.3. The Morgan fingerprint density at radius 2 is 0.656 bits per heavy atom. The predicted octanol–water partition coefficient (Wildman–Crippen LogP) is 11.9. The highest BCUT2D eigenvalue weighted by molar-refractivity contribution is 7.19. The lowest BCUT2D eigenvalue weighted by atomic mass is 10.1. The van der Waals surface area contributed by atoms with E-state index in [0.29, 0.717) is 16.7 Å². The van der Waals surface area contributed by atoms with E-state index < -0.39 is 31.6 Å². The minimum Gasteiger partial charge on any atom is -0.309 e. The second-order valence-electron chi connectivity index (χ2n) is 15.7. The molecule has 0 amide bonds. The lowest BCUT2D eigenvalue weighted by Gasteiger charge is -2.34. The van der Waals surface area contributed by atoms with Crippen LogP contribution in [0.2, 0.25) is 0 Å². The number of hydrogen-bond donors (Lipinski definition) is 0. The lowest BCUT2D eigenvalue weighted by molar-refractivity contribution is -0.138. The standard InChI is InChI=1S/C52H36F6N2Si/c1-33-13-25-47-43(29-33)44-30-34(2)14-26-48(44)59(47)37-17-21-41(22-18-37)61(39-9-5-3-6-10-39,40-11-7-4-8-12-40)42-23-19-38(20-24-42)60-49-27-15-35(51(53,54)55)31-45(49)46-32-36(52(56,57)58)16-28-50(46)60/h3-32H,1-2H3. The van der Waals surface area contributed by atoms with Gasteiger partial charge < -0.3 is 9.13 Å². The van der Waals surface area contributed by atoms with Crippen LogP contribution in [0.1, 0.15) is 22.3 Å². The Balaban J connectivity index is 1.17. The van der Waals surface area contributed by atoms with Gasteiger partial charge in [-0.05, 0) is 120 Å². The van der Waals surface area contributed by atoms with Crippen molar-refractivity contribution in [2.75, 3.05) is 0 Å². The highest BCUT2D eigenvalue weighted by atomic mass is 28.3. The average molecular weight is 831 g/mol. The summed E-state index contributed by atoms with van der Waals surface area (Å²) in [5.74, 6) is 0. The summed E-state index contributed by atoms with van der Waals surface area (Å²) in [6.07, 6.45) is -9.34. The molecule has 0 aliphatic carbocycles. The van der Waals surface area contributed by atoms with Gasteiger partial charge in [0.2, 0.25) is 0 Å². The van der Waals surface area contributed by atoms with E-state index in [1.165, 1.54) is 34.0 Å². The van der Waals surface area contributed by atoms with E-state index in [-0.39, 0.29) is 10.8 Å². The van der Waals surface area contributed by atoms with E-state index in [1.54, 1.807) is 4.57 Å². The SMILES string of the molecule is Cc1ccc2c(c1)c1cc(C)ccc1n2-c1ccc([Si](c2ccccc2)(c2ccccc2)c2ccc(-n3c4ccc(C(F)(F)F)cc4c4cc(C(F)(F)F)ccc43)cc2)cc1. The molecule has 0 fully saturated rings. The van der Waals surface area contributed by atoms with Crippen LogP contribution in [0.25, 0.3) is 55.0 Å². The Labute approximate surface area is 348 Å². The molecule has 0 radical (unpaired) electrons. The highest BCUT2D eigenvalue weighted by Crippen LogP contribution is 2.40. The van der Waals surface area contributed by atoms with Crippen molar-refractivity contribution in [3.05, 3.63) is 204 Å². The number of hydrogen-bond acceptors (Lipinski definition) is 0. The Bertz CT molecular complexity index is 3100. The fraction of sp³-hybridized carbons (Fsp3) is 0.0769. The summed E-state index contributed by atoms with van der Waals surface area (Å²) in [6, 6.07) is 57.4. The molecular weight excluding hydrogens is 795 g/mol. The van der Waals surface area contributed by atoms with Gasteiger partial charge in [-0.3, -0.25) is 0 Å². The number of aryl methyl sites for hydroxylation is 2. The van der Waals surface area contributed by atoms with E-state index in [1.807, 2.05) is 48.5 Å². The molecule has 0 bridgehead atoms. The van der Waals surface area contributed by atoms with Crippen molar-refractivity contribution in [3.8, 4) is 11.4 Å². The Morgan fingerprint density at radius 3 is 1.00 bits per heavy atom. The highest BCUT2D eigenvalue weighted by Gasteiger charge is 2.41. The summed E-state index contributed by atoms with van der Waals surface area (Å²) in [4.78, 5) is 0. The first-order valence-electron chi connectivity index (χ1n) is 19.9. The van der Waals surface area contributed by atoms with Crippen LogP contribution >= 0.6 is 0 Å². The molecule has 0 N–H and O–H groups in total. The van der Waals surface area contributed by atoms with Crippen molar-refractivity contribution in [3.63, 3.8) is 0 Å². The lowest BCUT2D eigenvalue weighted by Crippen LogP contribution is -2.74. The van der Waals surface area contributed by atoms with E-state index >= 15 is 0 Å². The van der Waals surface area contributed by atoms with Crippen LogP contribution < -0.4 is 20.7 Å². The molecule has 0 saturated heterocycles. The minimum atomic E-state index is -4.67. The zero-order valence-electron chi connectivity index (χ0n) is 33.0. The molecule has 10 rings (SSSR count). The van der Waals surface area contributed by atoms with Crippen LogP contribution in [0.3, 0.4) is 0 Å². The second-order valence-corrected chi connectivity index (χ2v) is 19.6. The molecule has 300 valence electrons. The number of aromatic nitrogens is 2. The summed E-state index contributed by atoms with van der Waals surface area (Å²) < 4.78 is 87.8. The molecule has 61 heavy (non-hydrogen) atoms. The van der Waals surface area contributed by atoms with Crippen LogP contribution in [0, 0.1) is 13.8 Å². The second kappa shape index (κ2) is 14.1. The zero-order chi connectivity index (χ0) is 42.3. The fourth-order valence-corrected chi connectivity index (χ4v) is 14.0. The van der Waals surface area contributed by atoms with Crippen molar-refractivity contribution in [1.29, 1.82) is 0 Å². The molecule has 2 heterocycles. The molecule has 0 aliphatic rings. The summed E-state index contributed by atoms with van der Waals surface area (Å²) in [6.45, 7) is 4.22. The molecule has 2 aromatic heterocycles. The van der Waals surface area contributed by atoms with Gasteiger partial charge in [0.1, 0.15) is 0 Å². The third-order valence-corrected chi connectivity index (χ3v) is 16.8. The van der Waals surface area contributed by atoms with Crippen LogP contribution in [-0.4, -0.2) is 17.2 Å². The van der Waals surface area contributed by atoms with E-state index in [0.717, 1.165) is 61.7 Å². The normalized spacial score (nSPS) is 12.6. The Morgan fingerprint density at radius 1 is 0.344 bits per heavy atom. The summed E-state index contributed by atoms with van der Waals surface area (Å²) in [5.41, 5.74) is 5.17. The topological polar surface area (TPSA) is 9.86 Å². The smallest absolute Gasteiger partial charge is 0.309 e. The van der Waals surface area contributed by atoms with Crippen molar-refractivity contribution < 1.29 is 26.3 Å². The number of benzene rings is 8. The number of fused-ring (bicyclic) bond motifs is 6. The van der Waals surface area contributed by atoms with Gasteiger partial charge >= 0.3 is 12.4 Å². The van der Waals surface area contributed by atoms with Crippen molar-refractivity contribution in [1.82, 2.24) is 9.13 Å². The molecule has 0 spiro atoms. The molecule has 0 atom stereocenters. The number of alkyl halides is 6. The van der Waals surface area contributed by atoms with Gasteiger partial charge in [0.25, 0.3) is 0 Å². The van der Waals surface area contributed by atoms with Crippen molar-refractivity contribution >= 4 is 72.4 Å². The van der Waals surface area contributed by atoms with E-state index in [4.69, 9.17) is 0 Å². The van der Waals surface area contributed by atoms with Gasteiger partial charge in [-0.25, -0.2) is 0 Å². The zero-order valence-corrected chi connectivity index (χ0v) is 34.0. The van der Waals surface area contributed by atoms with E-state index in [2.05, 4.69) is 115 Å². The molecule has 8 aromatic carbocycles. The molecule has 0 saturated carbocycles. The summed E-state index contributed by atoms with van der Waals surface area (Å²) in [7, 11) is -3.07. The summed E-state index contributed by atoms with van der Waals surface area (Å²) >= 11 is 0. The van der Waals surface area contributed by atoms with Gasteiger partial charge in [-0.1, -0.05) is 108 Å². The monoisotopic (exact) mass is 830 g/mol. The maximum atomic E-state index is 14.0. The number of halogens is 6. The molecule has 2 nitrogen and oxygen atoms in total. The number of nitrogens with zero attached hydrogens (tertiary/aromatic N) is 2. The predicted molar refractivity (Wildman–Crippen MR) is 238 cm³/mol. The van der Waals surface area contributed by atoms with Gasteiger partial charge in [-0.2, -0.15) is 26.3 Å². The third kappa shape index (κ3) is 6.25. The first-order valence-corrected chi connectivity index (χ1v) is 21.9. The maximum Gasteiger partial charge on any atom is 0.416 e. The van der Waals surface area contributed by atoms with Gasteiger partial charge in [0, 0.05) is 32.9 Å². The number of rotatable bonds is 6. The first kappa shape index (κ1) is 38.4. The maximum absolute atomic E-state index is 14.0. The third-order valence-electron chi connectivity index (χ3n) is 12.0. The molecule has 9 heteroatoms. The van der Waals surface area contributed by atoms with Crippen LogP contribution in [0.4, 0.5) is 26.3 Å². The minimum absolute atomic E-state index is 0.0888. The molecule has 0 unspecified atom stereocenters. The molecule has 0 aliphatic heterocycles. The fourth-order valence-electron chi connectivity index (χ4n) is 9.28. The Kier molecular flexibility index (Phi) is 8.89. The van der Waals surface area contributed by atoms with Crippen LogP contribution in [0.5, 0.6) is 0 Å². The van der Waals surface area contributed by atoms with Gasteiger partial charge in [0.05, 0.1) is 33.2 Å². The largest absolute Gasteiger partial charge is 0.416 e.